The SMILES string of the molecule is CC1(C)C(=O)N(c2cnc(C#N)c(C(F)(F)F)c2)C(=S)N1c1ccc(OCC2CCN(CC(=O)Nc3cccc(NC4CCC(=O)CC4=O)c3)CC2)cc1. The third-order valence-corrected chi connectivity index (χ3v) is 10.2. The summed E-state index contributed by atoms with van der Waals surface area (Å²) in [5.41, 5.74) is -1.63. The van der Waals surface area contributed by atoms with E-state index in [0.29, 0.717) is 48.3 Å². The van der Waals surface area contributed by atoms with Gasteiger partial charge in [0.15, 0.2) is 16.6 Å². The van der Waals surface area contributed by atoms with Gasteiger partial charge in [0.05, 0.1) is 43.1 Å². The molecule has 12 nitrogen and oxygen atoms in total. The lowest BCUT2D eigenvalue weighted by Crippen LogP contribution is -2.44. The number of Topliss-reactive ketones (excluding diaryl/α,β-unsaturated/α-hetero) is 2. The van der Waals surface area contributed by atoms with Crippen molar-refractivity contribution >= 4 is 63.5 Å². The van der Waals surface area contributed by atoms with Gasteiger partial charge < -0.3 is 20.3 Å². The molecule has 3 aromatic rings. The minimum absolute atomic E-state index is 0.0312. The number of thiocarbonyl (C=S) groups is 1. The lowest BCUT2D eigenvalue weighted by atomic mass is 9.93. The van der Waals surface area contributed by atoms with Gasteiger partial charge in [0.1, 0.15) is 23.1 Å². The summed E-state index contributed by atoms with van der Waals surface area (Å²) in [6.45, 7) is 5.37. The van der Waals surface area contributed by atoms with Crippen LogP contribution in [0.15, 0.2) is 60.8 Å². The number of carbonyl (C=O) groups excluding carboxylic acids is 4. The lowest BCUT2D eigenvalue weighted by Gasteiger charge is -2.31. The number of aromatic nitrogens is 1. The number of ether oxygens (including phenoxy) is 1. The van der Waals surface area contributed by atoms with Gasteiger partial charge >= 0.3 is 6.18 Å². The molecule has 0 spiro atoms. The quantitative estimate of drug-likeness (QED) is 0.193. The molecule has 0 bridgehead atoms. The molecule has 1 saturated carbocycles. The van der Waals surface area contributed by atoms with Crippen LogP contribution in [0.5, 0.6) is 5.75 Å². The van der Waals surface area contributed by atoms with E-state index in [2.05, 4.69) is 20.5 Å². The van der Waals surface area contributed by atoms with Crippen molar-refractivity contribution < 1.29 is 37.1 Å². The maximum Gasteiger partial charge on any atom is 0.419 e. The zero-order chi connectivity index (χ0) is 38.8. The van der Waals surface area contributed by atoms with Crippen LogP contribution in [0.25, 0.3) is 0 Å². The van der Waals surface area contributed by atoms with Crippen LogP contribution < -0.4 is 25.2 Å². The molecule has 3 aliphatic rings. The third-order valence-electron chi connectivity index (χ3n) is 9.82. The zero-order valence-corrected chi connectivity index (χ0v) is 30.4. The Hall–Kier alpha value is -5.40. The summed E-state index contributed by atoms with van der Waals surface area (Å²) in [5, 5.41) is 15.2. The van der Waals surface area contributed by atoms with E-state index in [-0.39, 0.29) is 47.2 Å². The van der Waals surface area contributed by atoms with E-state index in [4.69, 9.17) is 22.2 Å². The van der Waals surface area contributed by atoms with Crippen LogP contribution in [-0.2, 0) is 25.4 Å². The fraction of sp³-hybridized carbons (Fsp3) is 0.395. The summed E-state index contributed by atoms with van der Waals surface area (Å²) in [7, 11) is 0. The summed E-state index contributed by atoms with van der Waals surface area (Å²) >= 11 is 5.60. The Morgan fingerprint density at radius 3 is 2.41 bits per heavy atom. The van der Waals surface area contributed by atoms with Crippen molar-refractivity contribution in [3.8, 4) is 11.8 Å². The highest BCUT2D eigenvalue weighted by molar-refractivity contribution is 7.81. The molecular weight excluding hydrogens is 724 g/mol. The number of hydrogen-bond donors (Lipinski definition) is 2. The van der Waals surface area contributed by atoms with Crippen molar-refractivity contribution in [1.29, 1.82) is 5.26 Å². The molecule has 3 fully saturated rings. The Bertz CT molecular complexity index is 2010. The number of anilines is 4. The van der Waals surface area contributed by atoms with Crippen LogP contribution in [0.2, 0.25) is 0 Å². The molecule has 0 radical (unpaired) electrons. The summed E-state index contributed by atoms with van der Waals surface area (Å²) in [6.07, 6.45) is -1.38. The van der Waals surface area contributed by atoms with Crippen molar-refractivity contribution in [3.63, 3.8) is 0 Å². The topological polar surface area (TPSA) is 148 Å². The average molecular weight is 762 g/mol. The van der Waals surface area contributed by atoms with Gasteiger partial charge in [-0.3, -0.25) is 29.0 Å². The number of ketones is 2. The monoisotopic (exact) mass is 761 g/mol. The molecule has 2 amide bonds. The fourth-order valence-electron chi connectivity index (χ4n) is 6.87. The summed E-state index contributed by atoms with van der Waals surface area (Å²) < 4.78 is 47.0. The van der Waals surface area contributed by atoms with Crippen LogP contribution in [0.4, 0.5) is 35.9 Å². The first-order chi connectivity index (χ1) is 25.6. The summed E-state index contributed by atoms with van der Waals surface area (Å²) in [4.78, 5) is 58.4. The Morgan fingerprint density at radius 1 is 1.04 bits per heavy atom. The largest absolute Gasteiger partial charge is 0.493 e. The number of amides is 2. The smallest absolute Gasteiger partial charge is 0.419 e. The van der Waals surface area contributed by atoms with Crippen molar-refractivity contribution in [3.05, 3.63) is 72.1 Å². The van der Waals surface area contributed by atoms with E-state index in [1.165, 1.54) is 6.07 Å². The van der Waals surface area contributed by atoms with Gasteiger partial charge in [-0.15, -0.1) is 0 Å². The number of nitrogens with one attached hydrogen (secondary N) is 2. The Kier molecular flexibility index (Phi) is 11.0. The molecule has 1 aliphatic carbocycles. The minimum Gasteiger partial charge on any atom is -0.493 e. The zero-order valence-electron chi connectivity index (χ0n) is 29.6. The Balaban J connectivity index is 0.981. The van der Waals surface area contributed by atoms with Crippen LogP contribution in [0.3, 0.4) is 0 Å². The van der Waals surface area contributed by atoms with Gasteiger partial charge in [-0.1, -0.05) is 6.07 Å². The second kappa shape index (κ2) is 15.5. The van der Waals surface area contributed by atoms with Crippen LogP contribution in [0, 0.1) is 17.2 Å². The average Bonchev–Trinajstić information content (AvgIpc) is 3.30. The highest BCUT2D eigenvalue weighted by atomic mass is 32.1. The Labute approximate surface area is 315 Å². The van der Waals surface area contributed by atoms with Crippen LogP contribution in [-0.4, -0.2) is 76.2 Å². The van der Waals surface area contributed by atoms with Crippen LogP contribution in [0.1, 0.15) is 57.2 Å². The fourth-order valence-corrected chi connectivity index (χ4v) is 7.39. The van der Waals surface area contributed by atoms with E-state index >= 15 is 0 Å². The molecule has 282 valence electrons. The normalized spacial score (nSPS) is 19.5. The molecule has 2 saturated heterocycles. The van der Waals surface area contributed by atoms with E-state index < -0.39 is 34.9 Å². The number of benzene rings is 2. The summed E-state index contributed by atoms with van der Waals surface area (Å²) in [6, 6.07) is 15.8. The van der Waals surface area contributed by atoms with Crippen LogP contribution >= 0.6 is 12.2 Å². The van der Waals surface area contributed by atoms with E-state index in [9.17, 15) is 32.3 Å². The predicted molar refractivity (Wildman–Crippen MR) is 198 cm³/mol. The molecular formula is C38H38F3N7O5S. The van der Waals surface area contributed by atoms with Gasteiger partial charge in [-0.2, -0.15) is 18.4 Å². The first kappa shape index (κ1) is 38.3. The number of nitriles is 1. The molecule has 1 aromatic heterocycles. The van der Waals surface area contributed by atoms with Crippen molar-refractivity contribution in [2.24, 2.45) is 5.92 Å². The predicted octanol–water partition coefficient (Wildman–Crippen LogP) is 5.72. The number of nitrogens with zero attached hydrogens (tertiary/aromatic N) is 5. The third kappa shape index (κ3) is 8.37. The molecule has 1 atom stereocenters. The number of piperidine rings is 1. The molecule has 6 rings (SSSR count). The molecule has 3 heterocycles. The first-order valence-corrected chi connectivity index (χ1v) is 17.9. The number of hydrogen-bond acceptors (Lipinski definition) is 10. The standard InChI is InChI=1S/C38H38F3N7O5S/c1-37(2)35(52)47(27-17-30(38(39,40)41)32(19-42)43-20-27)36(54)48(37)26-6-9-29(10-7-26)53-22-23-12-14-46(15-13-23)21-34(51)45-25-5-3-4-24(16-25)44-31-11-8-28(49)18-33(31)50/h3-7,9-10,16-17,20,23,31,44H,8,11-15,18,21-22H2,1-2H3,(H,45,51). The molecule has 54 heavy (non-hydrogen) atoms. The maximum absolute atomic E-state index is 13.6. The molecule has 16 heteroatoms. The lowest BCUT2D eigenvalue weighted by molar-refractivity contribution is -0.138. The maximum atomic E-state index is 13.6. The van der Waals surface area contributed by atoms with Crippen molar-refractivity contribution in [1.82, 2.24) is 9.88 Å². The highest BCUT2D eigenvalue weighted by Crippen LogP contribution is 2.39. The summed E-state index contributed by atoms with van der Waals surface area (Å²) in [5.74, 6) is 0.00540. The molecule has 2 N–H and O–H groups in total. The number of pyridine rings is 1. The second-order valence-corrected chi connectivity index (χ2v) is 14.5. The van der Waals surface area contributed by atoms with E-state index in [1.807, 2.05) is 6.07 Å². The van der Waals surface area contributed by atoms with Gasteiger partial charge in [0, 0.05) is 23.5 Å². The minimum atomic E-state index is -4.85. The van der Waals surface area contributed by atoms with Gasteiger partial charge in [-0.05, 0) is 113 Å². The van der Waals surface area contributed by atoms with Gasteiger partial charge in [-0.25, -0.2) is 4.98 Å². The highest BCUT2D eigenvalue weighted by Gasteiger charge is 2.51. The van der Waals surface area contributed by atoms with E-state index in [1.54, 1.807) is 61.2 Å². The molecule has 2 aliphatic heterocycles. The number of rotatable bonds is 10. The van der Waals surface area contributed by atoms with Gasteiger partial charge in [0.25, 0.3) is 5.91 Å². The number of likely N-dealkylation sites (tertiary alicyclic amines) is 1. The molecule has 1 unspecified atom stereocenters. The number of halogens is 3. The molecule has 2 aromatic carbocycles. The Morgan fingerprint density at radius 2 is 1.74 bits per heavy atom. The van der Waals surface area contributed by atoms with Crippen molar-refractivity contribution in [2.75, 3.05) is 46.7 Å². The number of carbonyl (C=O) groups is 4. The van der Waals surface area contributed by atoms with E-state index in [0.717, 1.165) is 37.0 Å². The van der Waals surface area contributed by atoms with Crippen molar-refractivity contribution in [2.45, 2.75) is 63.7 Å². The second-order valence-electron chi connectivity index (χ2n) is 14.1. The first-order valence-electron chi connectivity index (χ1n) is 17.5. The number of alkyl halides is 3. The van der Waals surface area contributed by atoms with Gasteiger partial charge in [0.2, 0.25) is 5.91 Å².